The first-order valence-corrected chi connectivity index (χ1v) is 10.3. The first kappa shape index (κ1) is 18.3. The molecule has 0 aliphatic rings. The van der Waals surface area contributed by atoms with Gasteiger partial charge < -0.3 is 10.0 Å². The number of H-pyrrole nitrogens is 1. The number of anilines is 1. The summed E-state index contributed by atoms with van der Waals surface area (Å²) < 4.78 is 1.17. The summed E-state index contributed by atoms with van der Waals surface area (Å²) >= 11 is 2.69. The van der Waals surface area contributed by atoms with Crippen molar-refractivity contribution < 1.29 is 5.11 Å². The van der Waals surface area contributed by atoms with Gasteiger partial charge in [-0.25, -0.2) is 4.98 Å². The van der Waals surface area contributed by atoms with Gasteiger partial charge in [-0.3, -0.25) is 9.78 Å². The minimum atomic E-state index is -0.243. The van der Waals surface area contributed by atoms with Crippen molar-refractivity contribution in [3.63, 3.8) is 0 Å². The number of nitrogens with one attached hydrogen (secondary N) is 1. The number of benzene rings is 2. The molecular formula is C21H17N3O2S2. The van der Waals surface area contributed by atoms with Crippen molar-refractivity contribution in [3.05, 3.63) is 74.2 Å². The molecule has 0 aliphatic heterocycles. The molecule has 0 aliphatic carbocycles. The highest BCUT2D eigenvalue weighted by Gasteiger charge is 2.08. The second-order valence-electron chi connectivity index (χ2n) is 6.28. The zero-order chi connectivity index (χ0) is 19.5. The van der Waals surface area contributed by atoms with Gasteiger partial charge in [-0.2, -0.15) is 0 Å². The van der Waals surface area contributed by atoms with Crippen molar-refractivity contribution in [2.45, 2.75) is 6.42 Å². The van der Waals surface area contributed by atoms with Gasteiger partial charge in [0, 0.05) is 19.0 Å². The molecule has 2 aromatic heterocycles. The van der Waals surface area contributed by atoms with Gasteiger partial charge in [0.25, 0.3) is 0 Å². The molecule has 0 saturated carbocycles. The van der Waals surface area contributed by atoms with Crippen LogP contribution in [0.5, 0.6) is 5.88 Å². The molecule has 140 valence electrons. The maximum Gasteiger partial charge on any atom is 0.307 e. The Kier molecular flexibility index (Phi) is 5.15. The smallest absolute Gasteiger partial charge is 0.307 e. The molecule has 0 fully saturated rings. The van der Waals surface area contributed by atoms with Gasteiger partial charge in [0.1, 0.15) is 0 Å². The topological polar surface area (TPSA) is 69.2 Å². The van der Waals surface area contributed by atoms with E-state index < -0.39 is 0 Å². The van der Waals surface area contributed by atoms with Gasteiger partial charge >= 0.3 is 4.87 Å². The Balaban J connectivity index is 1.40. The van der Waals surface area contributed by atoms with Gasteiger partial charge in [-0.1, -0.05) is 58.8 Å². The molecule has 4 rings (SSSR count). The molecule has 28 heavy (non-hydrogen) atoms. The maximum atomic E-state index is 11.3. The first-order valence-electron chi connectivity index (χ1n) is 8.64. The maximum absolute atomic E-state index is 11.3. The summed E-state index contributed by atoms with van der Waals surface area (Å²) in [5.74, 6) is 6.31. The van der Waals surface area contributed by atoms with Crippen LogP contribution in [0.3, 0.4) is 0 Å². The van der Waals surface area contributed by atoms with E-state index in [2.05, 4.69) is 27.9 Å². The number of aromatic amines is 1. The number of fused-ring (bicyclic) bond motifs is 1. The van der Waals surface area contributed by atoms with Crippen LogP contribution >= 0.6 is 22.7 Å². The summed E-state index contributed by atoms with van der Waals surface area (Å²) in [7, 11) is 1.99. The van der Waals surface area contributed by atoms with E-state index in [0.717, 1.165) is 33.1 Å². The van der Waals surface area contributed by atoms with Crippen molar-refractivity contribution in [3.8, 4) is 17.7 Å². The van der Waals surface area contributed by atoms with E-state index in [4.69, 9.17) is 0 Å². The van der Waals surface area contributed by atoms with E-state index in [0.29, 0.717) is 17.8 Å². The zero-order valence-electron chi connectivity index (χ0n) is 15.1. The Morgan fingerprint density at radius 1 is 1.14 bits per heavy atom. The third-order valence-electron chi connectivity index (χ3n) is 4.18. The monoisotopic (exact) mass is 407 g/mol. The normalized spacial score (nSPS) is 10.6. The molecule has 5 nitrogen and oxygen atoms in total. The lowest BCUT2D eigenvalue weighted by Crippen LogP contribution is -2.16. The van der Waals surface area contributed by atoms with Gasteiger partial charge in [-0.05, 0) is 29.8 Å². The summed E-state index contributed by atoms with van der Waals surface area (Å²) in [5.41, 5.74) is 2.95. The standard InChI is InChI=1S/C21H17N3O2S2/c1-24(20-22-16-6-2-3-7-17(16)27-20)12-4-5-14-8-10-15(11-9-14)13-18-19(25)23-21(26)28-18/h2-3,6-11,25H,12-13H2,1H3,(H,23,26). The van der Waals surface area contributed by atoms with Crippen LogP contribution in [0.25, 0.3) is 10.2 Å². The van der Waals surface area contributed by atoms with Gasteiger partial charge in [0.05, 0.1) is 21.6 Å². The Labute approximate surface area is 169 Å². The lowest BCUT2D eigenvalue weighted by Gasteiger charge is -2.10. The quantitative estimate of drug-likeness (QED) is 0.505. The van der Waals surface area contributed by atoms with Crippen LogP contribution in [0.4, 0.5) is 5.13 Å². The van der Waals surface area contributed by atoms with Crippen molar-refractivity contribution >= 4 is 38.0 Å². The highest BCUT2D eigenvalue weighted by molar-refractivity contribution is 7.22. The molecule has 2 N–H and O–H groups in total. The molecular weight excluding hydrogens is 390 g/mol. The lowest BCUT2D eigenvalue weighted by atomic mass is 10.1. The van der Waals surface area contributed by atoms with Crippen molar-refractivity contribution in [1.82, 2.24) is 9.97 Å². The van der Waals surface area contributed by atoms with E-state index in [-0.39, 0.29) is 10.8 Å². The Hall–Kier alpha value is -3.08. The molecule has 0 amide bonds. The average Bonchev–Trinajstić information content (AvgIpc) is 3.26. The van der Waals surface area contributed by atoms with Crippen LogP contribution in [0.2, 0.25) is 0 Å². The molecule has 0 atom stereocenters. The van der Waals surface area contributed by atoms with Crippen LogP contribution in [0.15, 0.2) is 53.3 Å². The Morgan fingerprint density at radius 2 is 1.93 bits per heavy atom. The molecule has 7 heteroatoms. The summed E-state index contributed by atoms with van der Waals surface area (Å²) in [6.45, 7) is 0.590. The first-order chi connectivity index (χ1) is 13.6. The van der Waals surface area contributed by atoms with Crippen LogP contribution < -0.4 is 9.77 Å². The fourth-order valence-corrected chi connectivity index (χ4v) is 4.40. The van der Waals surface area contributed by atoms with Crippen LogP contribution in [0.1, 0.15) is 16.0 Å². The largest absolute Gasteiger partial charge is 0.494 e. The number of aromatic nitrogens is 2. The van der Waals surface area contributed by atoms with E-state index in [1.165, 1.54) is 4.70 Å². The number of hydrogen-bond donors (Lipinski definition) is 2. The van der Waals surface area contributed by atoms with E-state index in [1.54, 1.807) is 11.3 Å². The minimum absolute atomic E-state index is 0.0447. The molecule has 0 unspecified atom stereocenters. The summed E-state index contributed by atoms with van der Waals surface area (Å²) in [6.07, 6.45) is 0.517. The predicted molar refractivity (Wildman–Crippen MR) is 116 cm³/mol. The molecule has 4 aromatic rings. The highest BCUT2D eigenvalue weighted by atomic mass is 32.1. The Bertz CT molecular complexity index is 1190. The molecule has 0 bridgehead atoms. The second-order valence-corrected chi connectivity index (χ2v) is 8.36. The van der Waals surface area contributed by atoms with Crippen LogP contribution in [0, 0.1) is 11.8 Å². The summed E-state index contributed by atoms with van der Waals surface area (Å²) in [4.78, 5) is 20.7. The lowest BCUT2D eigenvalue weighted by molar-refractivity contribution is 0.451. The molecule has 2 heterocycles. The molecule has 0 radical (unpaired) electrons. The summed E-state index contributed by atoms with van der Waals surface area (Å²) in [5, 5.41) is 10.6. The number of hydrogen-bond acceptors (Lipinski definition) is 6. The van der Waals surface area contributed by atoms with Crippen molar-refractivity contribution in [1.29, 1.82) is 0 Å². The third-order valence-corrected chi connectivity index (χ3v) is 6.20. The Morgan fingerprint density at radius 3 is 2.64 bits per heavy atom. The van der Waals surface area contributed by atoms with E-state index in [9.17, 15) is 9.90 Å². The zero-order valence-corrected chi connectivity index (χ0v) is 16.7. The van der Waals surface area contributed by atoms with Crippen molar-refractivity contribution in [2.75, 3.05) is 18.5 Å². The molecule has 2 aromatic carbocycles. The number of para-hydroxylation sites is 1. The van der Waals surface area contributed by atoms with E-state index in [1.807, 2.05) is 54.4 Å². The number of aromatic hydroxyl groups is 1. The average molecular weight is 408 g/mol. The van der Waals surface area contributed by atoms with Crippen LogP contribution in [-0.2, 0) is 6.42 Å². The van der Waals surface area contributed by atoms with Gasteiger partial charge in [0.15, 0.2) is 5.13 Å². The molecule has 0 spiro atoms. The third kappa shape index (κ3) is 4.09. The fraction of sp³-hybridized carbons (Fsp3) is 0.143. The predicted octanol–water partition coefficient (Wildman–Crippen LogP) is 3.83. The van der Waals surface area contributed by atoms with Gasteiger partial charge in [-0.15, -0.1) is 0 Å². The number of nitrogens with zero attached hydrogens (tertiary/aromatic N) is 2. The van der Waals surface area contributed by atoms with E-state index >= 15 is 0 Å². The summed E-state index contributed by atoms with van der Waals surface area (Å²) in [6, 6.07) is 15.9. The SMILES string of the molecule is CN(CC#Cc1ccc(Cc2sc(=O)[nH]c2O)cc1)c1nc2ccccc2s1. The number of rotatable bonds is 4. The minimum Gasteiger partial charge on any atom is -0.494 e. The highest BCUT2D eigenvalue weighted by Crippen LogP contribution is 2.27. The van der Waals surface area contributed by atoms with Crippen molar-refractivity contribution in [2.24, 2.45) is 0 Å². The van der Waals surface area contributed by atoms with Gasteiger partial charge in [0.2, 0.25) is 5.88 Å². The number of thiazole rings is 2. The fourth-order valence-electron chi connectivity index (χ4n) is 2.71. The second kappa shape index (κ2) is 7.89. The molecule has 0 saturated heterocycles. The van der Waals surface area contributed by atoms with Crippen LogP contribution in [-0.4, -0.2) is 28.7 Å².